The number of phosphoric ester groups is 1. The van der Waals surface area contributed by atoms with Crippen LogP contribution in [0.4, 0.5) is 0 Å². The zero-order valence-corrected chi connectivity index (χ0v) is 12.4. The van der Waals surface area contributed by atoms with Crippen molar-refractivity contribution in [3.8, 4) is 0 Å². The zero-order chi connectivity index (χ0) is 13.9. The number of rotatable bonds is 12. The van der Waals surface area contributed by atoms with E-state index in [4.69, 9.17) is 14.5 Å². The fourth-order valence-corrected chi connectivity index (χ4v) is 1.92. The van der Waals surface area contributed by atoms with Gasteiger partial charge >= 0.3 is 7.82 Å². The molecule has 6 heteroatoms. The number of phosphoric acid groups is 1. The van der Waals surface area contributed by atoms with Crippen LogP contribution in [-0.2, 0) is 13.8 Å². The molecule has 0 fully saturated rings. The summed E-state index contributed by atoms with van der Waals surface area (Å²) in [5.41, 5.74) is 0. The smallest absolute Gasteiger partial charge is 0.379 e. The number of hydrogen-bond donors (Lipinski definition) is 2. The fourth-order valence-electron chi connectivity index (χ4n) is 1.60. The van der Waals surface area contributed by atoms with Crippen LogP contribution in [0.25, 0.3) is 0 Å². The van der Waals surface area contributed by atoms with E-state index in [0.29, 0.717) is 6.61 Å². The Hall–Kier alpha value is 0.0700. The van der Waals surface area contributed by atoms with Crippen LogP contribution in [0.15, 0.2) is 0 Å². The summed E-state index contributed by atoms with van der Waals surface area (Å²) in [6, 6.07) is 0. The maximum Gasteiger partial charge on any atom is 0.469 e. The minimum absolute atomic E-state index is 0.0569. The summed E-state index contributed by atoms with van der Waals surface area (Å²) in [7, 11) is -4.33. The van der Waals surface area contributed by atoms with Crippen LogP contribution in [0, 0.1) is 5.92 Å². The molecule has 0 bridgehead atoms. The molecule has 5 nitrogen and oxygen atoms in total. The summed E-state index contributed by atoms with van der Waals surface area (Å²) in [6.45, 7) is 5.30. The first-order valence-corrected chi connectivity index (χ1v) is 8.22. The van der Waals surface area contributed by atoms with Crippen molar-refractivity contribution in [1.29, 1.82) is 0 Å². The highest BCUT2D eigenvalue weighted by molar-refractivity contribution is 7.46. The summed E-state index contributed by atoms with van der Waals surface area (Å²) in [5, 5.41) is 0. The Bertz CT molecular complexity index is 227. The summed E-state index contributed by atoms with van der Waals surface area (Å²) in [5.74, 6) is 0.794. The van der Waals surface area contributed by atoms with Gasteiger partial charge in [0.1, 0.15) is 0 Å². The third kappa shape index (κ3) is 16.1. The van der Waals surface area contributed by atoms with Gasteiger partial charge in [-0.15, -0.1) is 0 Å². The van der Waals surface area contributed by atoms with Gasteiger partial charge in [0.2, 0.25) is 0 Å². The predicted molar refractivity (Wildman–Crippen MR) is 71.4 cm³/mol. The van der Waals surface area contributed by atoms with Gasteiger partial charge < -0.3 is 14.5 Å². The molecule has 0 spiro atoms. The third-order valence-electron chi connectivity index (χ3n) is 2.56. The molecule has 2 N–H and O–H groups in total. The number of unbranched alkanes of at least 4 members (excludes halogenated alkanes) is 4. The molecule has 0 saturated heterocycles. The zero-order valence-electron chi connectivity index (χ0n) is 11.5. The summed E-state index contributed by atoms with van der Waals surface area (Å²) in [6.07, 6.45) is 7.26. The maximum atomic E-state index is 10.3. The molecule has 0 amide bonds. The molecule has 0 aliphatic rings. The fraction of sp³-hybridized carbons (Fsp3) is 1.00. The molecule has 0 aromatic rings. The molecule has 0 aliphatic carbocycles. The summed E-state index contributed by atoms with van der Waals surface area (Å²) >= 11 is 0. The molecule has 0 heterocycles. The number of ether oxygens (including phenoxy) is 1. The molecular formula is C12H27O5P. The molecule has 18 heavy (non-hydrogen) atoms. The van der Waals surface area contributed by atoms with Gasteiger partial charge in [0.25, 0.3) is 0 Å². The lowest BCUT2D eigenvalue weighted by Crippen LogP contribution is -2.04. The normalized spacial score (nSPS) is 12.3. The van der Waals surface area contributed by atoms with E-state index in [0.717, 1.165) is 18.8 Å². The Balaban J connectivity index is 3.06. The summed E-state index contributed by atoms with van der Waals surface area (Å²) in [4.78, 5) is 16.8. The lowest BCUT2D eigenvalue weighted by atomic mass is 10.0. The highest BCUT2D eigenvalue weighted by atomic mass is 31.2. The topological polar surface area (TPSA) is 76.0 Å². The Morgan fingerprint density at radius 3 is 2.17 bits per heavy atom. The Morgan fingerprint density at radius 1 is 0.944 bits per heavy atom. The second-order valence-corrected chi connectivity index (χ2v) is 6.13. The van der Waals surface area contributed by atoms with Crippen LogP contribution in [0.2, 0.25) is 0 Å². The third-order valence-corrected chi connectivity index (χ3v) is 3.08. The second-order valence-electron chi connectivity index (χ2n) is 4.89. The molecule has 0 unspecified atom stereocenters. The van der Waals surface area contributed by atoms with E-state index in [1.165, 1.54) is 25.7 Å². The van der Waals surface area contributed by atoms with Crippen LogP contribution >= 0.6 is 7.82 Å². The molecule has 110 valence electrons. The molecule has 0 atom stereocenters. The van der Waals surface area contributed by atoms with Gasteiger partial charge in [0.15, 0.2) is 0 Å². The Kier molecular flexibility index (Phi) is 11.0. The van der Waals surface area contributed by atoms with Crippen LogP contribution < -0.4 is 0 Å². The largest absolute Gasteiger partial charge is 0.469 e. The monoisotopic (exact) mass is 282 g/mol. The van der Waals surface area contributed by atoms with Crippen LogP contribution in [0.5, 0.6) is 0 Å². The SMILES string of the molecule is CC(C)CCCCCCCOCCOP(=O)(O)O. The highest BCUT2D eigenvalue weighted by Crippen LogP contribution is 2.35. The Labute approximate surface area is 110 Å². The summed E-state index contributed by atoms with van der Waals surface area (Å²) < 4.78 is 19.8. The lowest BCUT2D eigenvalue weighted by molar-refractivity contribution is 0.0831. The predicted octanol–water partition coefficient (Wildman–Crippen LogP) is 3.11. The Morgan fingerprint density at radius 2 is 1.56 bits per heavy atom. The van der Waals surface area contributed by atoms with E-state index in [2.05, 4.69) is 18.4 Å². The average molecular weight is 282 g/mol. The molecule has 0 aromatic carbocycles. The quantitative estimate of drug-likeness (QED) is 0.425. The first-order chi connectivity index (χ1) is 8.42. The minimum Gasteiger partial charge on any atom is -0.379 e. The molecule has 0 aromatic heterocycles. The second kappa shape index (κ2) is 10.9. The van der Waals surface area contributed by atoms with Crippen molar-refractivity contribution < 1.29 is 23.6 Å². The average Bonchev–Trinajstić information content (AvgIpc) is 2.24. The van der Waals surface area contributed by atoms with Crippen molar-refractivity contribution in [3.05, 3.63) is 0 Å². The first-order valence-electron chi connectivity index (χ1n) is 6.69. The van der Waals surface area contributed by atoms with E-state index in [-0.39, 0.29) is 13.2 Å². The minimum atomic E-state index is -4.33. The van der Waals surface area contributed by atoms with Crippen molar-refractivity contribution >= 4 is 7.82 Å². The van der Waals surface area contributed by atoms with E-state index in [9.17, 15) is 4.57 Å². The van der Waals surface area contributed by atoms with Gasteiger partial charge in [0, 0.05) is 6.61 Å². The van der Waals surface area contributed by atoms with Crippen molar-refractivity contribution in [3.63, 3.8) is 0 Å². The van der Waals surface area contributed by atoms with E-state index in [1.54, 1.807) is 0 Å². The van der Waals surface area contributed by atoms with Crippen molar-refractivity contribution in [1.82, 2.24) is 0 Å². The molecular weight excluding hydrogens is 255 g/mol. The van der Waals surface area contributed by atoms with E-state index in [1.807, 2.05) is 0 Å². The molecule has 0 aliphatic heterocycles. The van der Waals surface area contributed by atoms with Crippen molar-refractivity contribution in [2.75, 3.05) is 19.8 Å². The van der Waals surface area contributed by atoms with Gasteiger partial charge in [-0.3, -0.25) is 4.52 Å². The van der Waals surface area contributed by atoms with Crippen LogP contribution in [-0.4, -0.2) is 29.6 Å². The number of hydrogen-bond acceptors (Lipinski definition) is 3. The molecule has 0 radical (unpaired) electrons. The molecule has 0 rings (SSSR count). The van der Waals surface area contributed by atoms with E-state index < -0.39 is 7.82 Å². The highest BCUT2D eigenvalue weighted by Gasteiger charge is 2.12. The van der Waals surface area contributed by atoms with Crippen molar-refractivity contribution in [2.24, 2.45) is 5.92 Å². The van der Waals surface area contributed by atoms with Crippen LogP contribution in [0.3, 0.4) is 0 Å². The maximum absolute atomic E-state index is 10.3. The van der Waals surface area contributed by atoms with Gasteiger partial charge in [-0.2, -0.15) is 0 Å². The van der Waals surface area contributed by atoms with Gasteiger partial charge in [-0.1, -0.05) is 46.0 Å². The van der Waals surface area contributed by atoms with Crippen LogP contribution in [0.1, 0.15) is 52.4 Å². The van der Waals surface area contributed by atoms with Gasteiger partial charge in [-0.25, -0.2) is 4.57 Å². The molecule has 0 saturated carbocycles. The van der Waals surface area contributed by atoms with E-state index >= 15 is 0 Å². The van der Waals surface area contributed by atoms with Crippen molar-refractivity contribution in [2.45, 2.75) is 52.4 Å². The lowest BCUT2D eigenvalue weighted by Gasteiger charge is -2.06. The first kappa shape index (κ1) is 18.1. The van der Waals surface area contributed by atoms with Gasteiger partial charge in [0.05, 0.1) is 13.2 Å². The van der Waals surface area contributed by atoms with Gasteiger partial charge in [-0.05, 0) is 12.3 Å². The standard InChI is InChI=1S/C12H27O5P/c1-12(2)8-6-4-3-5-7-9-16-10-11-17-18(13,14)15/h12H,3-11H2,1-2H3,(H2,13,14,15).